The van der Waals surface area contributed by atoms with Gasteiger partial charge >= 0.3 is 0 Å². The second-order valence-electron chi connectivity index (χ2n) is 4.02. The lowest BCUT2D eigenvalue weighted by Crippen LogP contribution is -2.28. The van der Waals surface area contributed by atoms with Crippen molar-refractivity contribution in [3.8, 4) is 0 Å². The van der Waals surface area contributed by atoms with Crippen LogP contribution in [0.15, 0.2) is 18.2 Å². The first-order valence-electron chi connectivity index (χ1n) is 5.28. The van der Waals surface area contributed by atoms with Crippen molar-refractivity contribution in [1.82, 2.24) is 4.90 Å². The maximum atomic E-state index is 13.0. The molecule has 84 valence electrons. The van der Waals surface area contributed by atoms with Crippen LogP contribution in [-0.4, -0.2) is 18.0 Å². The molecule has 3 heteroatoms. The summed E-state index contributed by atoms with van der Waals surface area (Å²) in [5, 5.41) is 0. The van der Waals surface area contributed by atoms with E-state index in [0.717, 1.165) is 12.0 Å². The largest absolute Gasteiger partial charge is 0.398 e. The Morgan fingerprint density at radius 1 is 1.47 bits per heavy atom. The number of nitrogens with zero attached hydrogens (tertiary/aromatic N) is 1. The summed E-state index contributed by atoms with van der Waals surface area (Å²) < 4.78 is 13.0. The Hall–Kier alpha value is -1.09. The Bertz CT molecular complexity index is 325. The van der Waals surface area contributed by atoms with Gasteiger partial charge in [0.2, 0.25) is 0 Å². The van der Waals surface area contributed by atoms with E-state index in [1.165, 1.54) is 12.1 Å². The zero-order valence-corrected chi connectivity index (χ0v) is 9.63. The van der Waals surface area contributed by atoms with Gasteiger partial charge in [0.25, 0.3) is 0 Å². The molecule has 2 N–H and O–H groups in total. The smallest absolute Gasteiger partial charge is 0.123 e. The molecule has 0 spiro atoms. The highest BCUT2D eigenvalue weighted by Gasteiger charge is 2.09. The third-order valence-corrected chi connectivity index (χ3v) is 2.87. The summed E-state index contributed by atoms with van der Waals surface area (Å²) in [6.07, 6.45) is 1.08. The number of hydrogen-bond acceptors (Lipinski definition) is 2. The molecule has 0 aliphatic heterocycles. The number of benzene rings is 1. The molecule has 0 aromatic heterocycles. The fourth-order valence-electron chi connectivity index (χ4n) is 1.45. The number of nitrogens with two attached hydrogens (primary N) is 1. The van der Waals surface area contributed by atoms with Crippen LogP contribution in [0.4, 0.5) is 10.1 Å². The molecule has 1 atom stereocenters. The molecule has 0 radical (unpaired) electrons. The summed E-state index contributed by atoms with van der Waals surface area (Å²) in [6, 6.07) is 5.00. The SMILES string of the molecule is CCC(C)N(C)Cc1cc(F)ccc1N. The number of halogens is 1. The van der Waals surface area contributed by atoms with Crippen LogP contribution in [0.25, 0.3) is 0 Å². The second kappa shape index (κ2) is 5.12. The molecule has 0 bridgehead atoms. The summed E-state index contributed by atoms with van der Waals surface area (Å²) in [6.45, 7) is 4.98. The molecule has 1 rings (SSSR count). The van der Waals surface area contributed by atoms with Gasteiger partial charge in [0.15, 0.2) is 0 Å². The Balaban J connectivity index is 2.75. The zero-order chi connectivity index (χ0) is 11.4. The van der Waals surface area contributed by atoms with Crippen molar-refractivity contribution in [3.63, 3.8) is 0 Å². The van der Waals surface area contributed by atoms with E-state index in [4.69, 9.17) is 5.73 Å². The highest BCUT2D eigenvalue weighted by molar-refractivity contribution is 5.46. The normalized spacial score (nSPS) is 13.1. The predicted octanol–water partition coefficient (Wildman–Crippen LogP) is 2.64. The maximum Gasteiger partial charge on any atom is 0.123 e. The number of hydrogen-bond donors (Lipinski definition) is 1. The molecule has 0 heterocycles. The van der Waals surface area contributed by atoms with Crippen molar-refractivity contribution >= 4 is 5.69 Å². The van der Waals surface area contributed by atoms with Gasteiger partial charge < -0.3 is 5.73 Å². The van der Waals surface area contributed by atoms with Crippen molar-refractivity contribution in [1.29, 1.82) is 0 Å². The zero-order valence-electron chi connectivity index (χ0n) is 9.63. The first-order valence-corrected chi connectivity index (χ1v) is 5.28. The molecule has 0 saturated heterocycles. The summed E-state index contributed by atoms with van der Waals surface area (Å²) in [5.74, 6) is -0.225. The van der Waals surface area contributed by atoms with Gasteiger partial charge in [-0.25, -0.2) is 4.39 Å². The van der Waals surface area contributed by atoms with E-state index in [2.05, 4.69) is 18.7 Å². The third-order valence-electron chi connectivity index (χ3n) is 2.87. The van der Waals surface area contributed by atoms with Gasteiger partial charge in [0, 0.05) is 18.3 Å². The Labute approximate surface area is 90.9 Å². The van der Waals surface area contributed by atoms with E-state index in [-0.39, 0.29) is 5.82 Å². The maximum absolute atomic E-state index is 13.0. The minimum absolute atomic E-state index is 0.225. The van der Waals surface area contributed by atoms with E-state index < -0.39 is 0 Å². The molecule has 2 nitrogen and oxygen atoms in total. The summed E-state index contributed by atoms with van der Waals surface area (Å²) in [4.78, 5) is 2.17. The molecule has 0 fully saturated rings. The van der Waals surface area contributed by atoms with Crippen LogP contribution in [0.3, 0.4) is 0 Å². The van der Waals surface area contributed by atoms with Crippen LogP contribution in [0.2, 0.25) is 0 Å². The van der Waals surface area contributed by atoms with Gasteiger partial charge in [-0.1, -0.05) is 6.92 Å². The monoisotopic (exact) mass is 210 g/mol. The molecular weight excluding hydrogens is 191 g/mol. The first-order chi connectivity index (χ1) is 7.04. The molecule has 0 amide bonds. The second-order valence-corrected chi connectivity index (χ2v) is 4.02. The molecule has 0 saturated carbocycles. The van der Waals surface area contributed by atoms with Crippen LogP contribution in [0, 0.1) is 5.82 Å². The van der Waals surface area contributed by atoms with Crippen LogP contribution in [0.5, 0.6) is 0 Å². The Morgan fingerprint density at radius 3 is 2.73 bits per heavy atom. The van der Waals surface area contributed by atoms with Crippen molar-refractivity contribution in [2.45, 2.75) is 32.9 Å². The van der Waals surface area contributed by atoms with Crippen LogP contribution in [0.1, 0.15) is 25.8 Å². The van der Waals surface area contributed by atoms with Gasteiger partial charge in [0.1, 0.15) is 5.82 Å². The Kier molecular flexibility index (Phi) is 4.09. The topological polar surface area (TPSA) is 29.3 Å². The van der Waals surface area contributed by atoms with E-state index in [1.54, 1.807) is 6.07 Å². The number of rotatable bonds is 4. The Morgan fingerprint density at radius 2 is 2.13 bits per heavy atom. The van der Waals surface area contributed by atoms with Crippen LogP contribution >= 0.6 is 0 Å². The van der Waals surface area contributed by atoms with Crippen LogP contribution < -0.4 is 5.73 Å². The van der Waals surface area contributed by atoms with E-state index in [1.807, 2.05) is 7.05 Å². The highest BCUT2D eigenvalue weighted by atomic mass is 19.1. The van der Waals surface area contributed by atoms with E-state index >= 15 is 0 Å². The predicted molar refractivity (Wildman–Crippen MR) is 62.0 cm³/mol. The molecule has 0 aliphatic carbocycles. The number of nitrogen functional groups attached to an aromatic ring is 1. The average molecular weight is 210 g/mol. The van der Waals surface area contributed by atoms with Gasteiger partial charge in [-0.2, -0.15) is 0 Å². The quantitative estimate of drug-likeness (QED) is 0.774. The highest BCUT2D eigenvalue weighted by Crippen LogP contribution is 2.16. The van der Waals surface area contributed by atoms with Gasteiger partial charge in [-0.3, -0.25) is 4.90 Å². The molecular formula is C12H19FN2. The fraction of sp³-hybridized carbons (Fsp3) is 0.500. The van der Waals surface area contributed by atoms with Gasteiger partial charge in [0.05, 0.1) is 0 Å². The van der Waals surface area contributed by atoms with Crippen molar-refractivity contribution in [2.24, 2.45) is 0 Å². The average Bonchev–Trinajstić information content (AvgIpc) is 2.22. The van der Waals surface area contributed by atoms with Gasteiger partial charge in [-0.15, -0.1) is 0 Å². The van der Waals surface area contributed by atoms with Gasteiger partial charge in [-0.05, 0) is 44.2 Å². The van der Waals surface area contributed by atoms with E-state index in [9.17, 15) is 4.39 Å². The van der Waals surface area contributed by atoms with Crippen molar-refractivity contribution in [3.05, 3.63) is 29.6 Å². The summed E-state index contributed by atoms with van der Waals surface area (Å²) in [5.41, 5.74) is 7.30. The van der Waals surface area contributed by atoms with Crippen LogP contribution in [-0.2, 0) is 6.54 Å². The van der Waals surface area contributed by atoms with Crippen molar-refractivity contribution < 1.29 is 4.39 Å². The lowest BCUT2D eigenvalue weighted by Gasteiger charge is -2.24. The summed E-state index contributed by atoms with van der Waals surface area (Å²) >= 11 is 0. The van der Waals surface area contributed by atoms with E-state index in [0.29, 0.717) is 18.3 Å². The standard InChI is InChI=1S/C12H19FN2/c1-4-9(2)15(3)8-10-7-11(13)5-6-12(10)14/h5-7,9H,4,8,14H2,1-3H3. The fourth-order valence-corrected chi connectivity index (χ4v) is 1.45. The minimum Gasteiger partial charge on any atom is -0.398 e. The lowest BCUT2D eigenvalue weighted by molar-refractivity contribution is 0.244. The molecule has 1 aromatic rings. The molecule has 0 aliphatic rings. The summed E-state index contributed by atoms with van der Waals surface area (Å²) in [7, 11) is 2.03. The first kappa shape index (κ1) is 12.0. The van der Waals surface area contributed by atoms with Crippen molar-refractivity contribution in [2.75, 3.05) is 12.8 Å². The number of anilines is 1. The lowest BCUT2D eigenvalue weighted by atomic mass is 10.1. The molecule has 1 unspecified atom stereocenters. The molecule has 1 aromatic carbocycles. The third kappa shape index (κ3) is 3.20. The minimum atomic E-state index is -0.225. The molecule has 15 heavy (non-hydrogen) atoms.